The quantitative estimate of drug-likeness (QED) is 0.143. The third-order valence-electron chi connectivity index (χ3n) is 9.59. The highest BCUT2D eigenvalue weighted by Crippen LogP contribution is 2.53. The molecule has 0 bridgehead atoms. The average Bonchev–Trinajstić information content (AvgIpc) is 3.52. The second kappa shape index (κ2) is 12.4. The predicted octanol–water partition coefficient (Wildman–Crippen LogP) is 6.80. The third-order valence-corrected chi connectivity index (χ3v) is 9.59. The minimum absolute atomic E-state index is 0.0530. The van der Waals surface area contributed by atoms with E-state index >= 15 is 8.78 Å². The van der Waals surface area contributed by atoms with E-state index in [1.54, 1.807) is 24.3 Å². The number of pyridine rings is 1. The number of amides is 2. The molecule has 1 spiro atoms. The fraction of sp³-hybridized carbons (Fsp3) is 0.368. The Hall–Kier alpha value is -5.23. The second-order valence-corrected chi connectivity index (χ2v) is 14.4. The Morgan fingerprint density at radius 3 is 2.42 bits per heavy atom. The summed E-state index contributed by atoms with van der Waals surface area (Å²) in [4.78, 5) is 31.4. The summed E-state index contributed by atoms with van der Waals surface area (Å²) >= 11 is 0. The second-order valence-electron chi connectivity index (χ2n) is 14.4. The Bertz CT molecular complexity index is 2220. The highest BCUT2D eigenvalue weighted by Gasteiger charge is 2.54. The first-order valence-electron chi connectivity index (χ1n) is 16.8. The zero-order valence-corrected chi connectivity index (χ0v) is 28.6. The van der Waals surface area contributed by atoms with Gasteiger partial charge in [-0.15, -0.1) is 0 Å². The summed E-state index contributed by atoms with van der Waals surface area (Å²) in [6, 6.07) is 9.73. The summed E-state index contributed by atoms with van der Waals surface area (Å²) in [5.74, 6) is -2.69. The van der Waals surface area contributed by atoms with E-state index in [1.165, 1.54) is 26.8 Å². The smallest absolute Gasteiger partial charge is 0.378 e. The van der Waals surface area contributed by atoms with Gasteiger partial charge in [-0.05, 0) is 92.0 Å². The van der Waals surface area contributed by atoms with Crippen LogP contribution in [0, 0.1) is 23.5 Å². The van der Waals surface area contributed by atoms with E-state index in [-0.39, 0.29) is 29.3 Å². The van der Waals surface area contributed by atoms with Crippen LogP contribution in [-0.4, -0.2) is 37.3 Å². The maximum Gasteiger partial charge on any atom is 0.435 e. The van der Waals surface area contributed by atoms with E-state index in [9.17, 15) is 36.6 Å². The van der Waals surface area contributed by atoms with Crippen LogP contribution in [0.15, 0.2) is 48.5 Å². The van der Waals surface area contributed by atoms with Crippen molar-refractivity contribution in [3.05, 3.63) is 105 Å². The number of carbonyl (C=O) groups excluding carboxylic acids is 2. The number of halogens is 7. The molecule has 276 valence electrons. The van der Waals surface area contributed by atoms with Crippen LogP contribution in [0.3, 0.4) is 0 Å². The summed E-state index contributed by atoms with van der Waals surface area (Å²) in [7, 11) is 0. The first-order valence-corrected chi connectivity index (χ1v) is 16.8. The number of hydrogen-bond acceptors (Lipinski definition) is 5. The largest absolute Gasteiger partial charge is 0.435 e. The molecule has 1 aliphatic heterocycles. The van der Waals surface area contributed by atoms with Crippen molar-refractivity contribution in [1.29, 1.82) is 0 Å². The van der Waals surface area contributed by atoms with E-state index < -0.39 is 82.7 Å². The number of hydrogen-bond donors (Lipinski definition) is 3. The number of fused-ring (bicyclic) bond motifs is 3. The van der Waals surface area contributed by atoms with Gasteiger partial charge in [0.2, 0.25) is 5.91 Å². The van der Waals surface area contributed by atoms with E-state index in [0.717, 1.165) is 30.5 Å². The van der Waals surface area contributed by atoms with Gasteiger partial charge in [-0.1, -0.05) is 25.0 Å². The number of nitrogens with one attached hydrogen (secondary N) is 2. The van der Waals surface area contributed by atoms with Gasteiger partial charge in [-0.25, -0.2) is 13.8 Å². The molecule has 0 unspecified atom stereocenters. The van der Waals surface area contributed by atoms with Crippen molar-refractivity contribution in [3.63, 3.8) is 0 Å². The van der Waals surface area contributed by atoms with Gasteiger partial charge in [-0.3, -0.25) is 14.3 Å². The number of benzene rings is 2. The molecular weight excluding hydrogens is 707 g/mol. The third kappa shape index (κ3) is 6.99. The van der Waals surface area contributed by atoms with Gasteiger partial charge >= 0.3 is 6.18 Å². The molecule has 2 atom stereocenters. The molecule has 15 heteroatoms. The van der Waals surface area contributed by atoms with E-state index in [4.69, 9.17) is 0 Å². The van der Waals surface area contributed by atoms with Crippen molar-refractivity contribution in [1.82, 2.24) is 25.4 Å². The zero-order valence-electron chi connectivity index (χ0n) is 28.6. The molecular formula is C38H32F7N5O3. The number of aromatic nitrogens is 3. The highest BCUT2D eigenvalue weighted by atomic mass is 19.4. The van der Waals surface area contributed by atoms with Crippen LogP contribution < -0.4 is 10.6 Å². The molecule has 3 N–H and O–H groups in total. The predicted molar refractivity (Wildman–Crippen MR) is 176 cm³/mol. The maximum absolute atomic E-state index is 15.1. The number of rotatable bonds is 7. The summed E-state index contributed by atoms with van der Waals surface area (Å²) in [5.41, 5.74) is -2.74. The molecule has 4 aromatic rings. The SMILES string of the molecule is C[C@H]1CC(F)(F)c2c1c(C(F)(F)F)nn2CC(=O)N[C@@H](Cc1cc(F)cc(F)c1)c1nc(C#CC(C)(C)O)ccc1-c1ccc2c(c1)C(=O)NC21CC1. The van der Waals surface area contributed by atoms with Crippen molar-refractivity contribution in [2.24, 2.45) is 0 Å². The summed E-state index contributed by atoms with van der Waals surface area (Å²) < 4.78 is 101. The van der Waals surface area contributed by atoms with Crippen molar-refractivity contribution >= 4 is 11.8 Å². The zero-order chi connectivity index (χ0) is 38.2. The summed E-state index contributed by atoms with van der Waals surface area (Å²) in [5, 5.41) is 19.3. The fourth-order valence-electron chi connectivity index (χ4n) is 7.25. The normalized spacial score (nSPS) is 18.5. The van der Waals surface area contributed by atoms with E-state index in [1.807, 2.05) is 0 Å². The van der Waals surface area contributed by atoms with Crippen molar-refractivity contribution in [2.45, 2.75) is 88.2 Å². The monoisotopic (exact) mass is 739 g/mol. The molecule has 53 heavy (non-hydrogen) atoms. The van der Waals surface area contributed by atoms with Crippen LogP contribution >= 0.6 is 0 Å². The van der Waals surface area contributed by atoms with Gasteiger partial charge in [0, 0.05) is 29.2 Å². The molecule has 0 saturated heterocycles. The molecule has 2 amide bonds. The first kappa shape index (κ1) is 36.1. The summed E-state index contributed by atoms with van der Waals surface area (Å²) in [6.07, 6.45) is -4.74. The lowest BCUT2D eigenvalue weighted by atomic mass is 9.92. The van der Waals surface area contributed by atoms with Crippen molar-refractivity contribution < 1.29 is 45.4 Å². The Kier molecular flexibility index (Phi) is 8.48. The van der Waals surface area contributed by atoms with Gasteiger partial charge in [0.1, 0.15) is 35.2 Å². The molecule has 2 aliphatic carbocycles. The minimum Gasteiger partial charge on any atom is -0.378 e. The van der Waals surface area contributed by atoms with Crippen LogP contribution in [0.4, 0.5) is 30.7 Å². The van der Waals surface area contributed by atoms with Crippen LogP contribution in [-0.2, 0) is 35.4 Å². The topological polar surface area (TPSA) is 109 Å². The molecule has 3 aliphatic rings. The Labute approximate surface area is 298 Å². The molecule has 2 aromatic carbocycles. The lowest BCUT2D eigenvalue weighted by molar-refractivity contribution is -0.142. The Balaban J connectivity index is 1.33. The number of alkyl halides is 5. The fourth-order valence-corrected chi connectivity index (χ4v) is 7.25. The Morgan fingerprint density at radius 2 is 1.77 bits per heavy atom. The van der Waals surface area contributed by atoms with Gasteiger partial charge in [0.05, 0.1) is 17.3 Å². The van der Waals surface area contributed by atoms with Crippen LogP contribution in [0.2, 0.25) is 0 Å². The Morgan fingerprint density at radius 1 is 1.08 bits per heavy atom. The van der Waals surface area contributed by atoms with Crippen LogP contribution in [0.5, 0.6) is 0 Å². The number of nitrogens with zero attached hydrogens (tertiary/aromatic N) is 3. The molecule has 1 saturated carbocycles. The molecule has 7 rings (SSSR count). The van der Waals surface area contributed by atoms with Gasteiger partial charge < -0.3 is 15.7 Å². The highest BCUT2D eigenvalue weighted by molar-refractivity contribution is 6.01. The number of aliphatic hydroxyl groups is 1. The average molecular weight is 740 g/mol. The van der Waals surface area contributed by atoms with E-state index in [0.29, 0.717) is 27.4 Å². The molecule has 8 nitrogen and oxygen atoms in total. The van der Waals surface area contributed by atoms with Gasteiger partial charge in [0.25, 0.3) is 11.8 Å². The number of carbonyl (C=O) groups is 2. The molecule has 0 radical (unpaired) electrons. The van der Waals surface area contributed by atoms with Crippen LogP contribution in [0.25, 0.3) is 11.1 Å². The van der Waals surface area contributed by atoms with Crippen molar-refractivity contribution in [3.8, 4) is 23.0 Å². The van der Waals surface area contributed by atoms with Crippen molar-refractivity contribution in [2.75, 3.05) is 0 Å². The van der Waals surface area contributed by atoms with Crippen LogP contribution in [0.1, 0.15) is 102 Å². The van der Waals surface area contributed by atoms with Gasteiger partial charge in [0.15, 0.2) is 5.69 Å². The summed E-state index contributed by atoms with van der Waals surface area (Å²) in [6.45, 7) is 3.06. The lowest BCUT2D eigenvalue weighted by Gasteiger charge is -2.23. The maximum atomic E-state index is 15.1. The molecule has 3 heterocycles. The van der Waals surface area contributed by atoms with Gasteiger partial charge in [-0.2, -0.15) is 27.1 Å². The molecule has 1 fully saturated rings. The van der Waals surface area contributed by atoms with E-state index in [2.05, 4.69) is 32.6 Å². The molecule has 2 aromatic heterocycles. The minimum atomic E-state index is -5.07. The lowest BCUT2D eigenvalue weighted by Crippen LogP contribution is -2.35. The first-order chi connectivity index (χ1) is 24.7. The standard InChI is InChI=1S/C38H32F7N5O3/c1-19-17-37(41,42)33-30(19)32(38(43,44)45)49-50(33)18-29(51)47-28(14-20-12-22(39)16-23(40)13-20)31-25(6-5-24(46-31)8-9-35(2,3)53)21-4-7-27-26(15-21)34(52)48-36(27)10-11-36/h4-7,12-13,15-16,19,28,53H,10-11,14,17-18H2,1-3H3,(H,47,51)(H,48,52)/t19-,28-/m0/s1.